The van der Waals surface area contributed by atoms with Gasteiger partial charge in [0.25, 0.3) is 0 Å². The largest absolute Gasteiger partial charge is 0.478 e. The van der Waals surface area contributed by atoms with Crippen molar-refractivity contribution in [3.63, 3.8) is 0 Å². The number of aromatic nitrogens is 1. The standard InChI is InChI=1S/C13H12ClN3O3S/c1-7(10-2-3-11(14)21-10)16-13(20)17-9-4-8(12(18)19)5-15-6-9/h2-7H,1H3,(H,18,19)(H2,16,17,20). The number of nitrogens with zero attached hydrogens (tertiary/aromatic N) is 1. The molecule has 0 aliphatic rings. The van der Waals surface area contributed by atoms with Crippen molar-refractivity contribution in [2.24, 2.45) is 0 Å². The zero-order valence-corrected chi connectivity index (χ0v) is 12.5. The van der Waals surface area contributed by atoms with E-state index in [4.69, 9.17) is 16.7 Å². The summed E-state index contributed by atoms with van der Waals surface area (Å²) in [5, 5.41) is 14.1. The molecule has 1 atom stereocenters. The molecular formula is C13H12ClN3O3S. The molecule has 0 aliphatic heterocycles. The fourth-order valence-corrected chi connectivity index (χ4v) is 2.68. The molecule has 0 saturated heterocycles. The van der Waals surface area contributed by atoms with Gasteiger partial charge in [0, 0.05) is 11.1 Å². The Morgan fingerprint density at radius 2 is 2.14 bits per heavy atom. The van der Waals surface area contributed by atoms with Gasteiger partial charge in [0.15, 0.2) is 0 Å². The van der Waals surface area contributed by atoms with Crippen LogP contribution in [0.2, 0.25) is 4.34 Å². The summed E-state index contributed by atoms with van der Waals surface area (Å²) < 4.78 is 0.650. The number of carbonyl (C=O) groups is 2. The molecule has 2 aromatic rings. The first-order chi connectivity index (χ1) is 9.95. The Morgan fingerprint density at radius 1 is 1.38 bits per heavy atom. The van der Waals surface area contributed by atoms with Crippen LogP contribution < -0.4 is 10.6 Å². The average Bonchev–Trinajstić information content (AvgIpc) is 2.85. The Kier molecular flexibility index (Phi) is 4.77. The van der Waals surface area contributed by atoms with Crippen molar-refractivity contribution in [3.05, 3.63) is 45.4 Å². The van der Waals surface area contributed by atoms with Crippen LogP contribution in [0.4, 0.5) is 10.5 Å². The van der Waals surface area contributed by atoms with E-state index >= 15 is 0 Å². The number of urea groups is 1. The van der Waals surface area contributed by atoms with Crippen LogP contribution in [0.25, 0.3) is 0 Å². The zero-order chi connectivity index (χ0) is 15.4. The van der Waals surface area contributed by atoms with E-state index in [2.05, 4.69) is 15.6 Å². The number of halogens is 1. The topological polar surface area (TPSA) is 91.3 Å². The SMILES string of the molecule is CC(NC(=O)Nc1cncc(C(=O)O)c1)c1ccc(Cl)s1. The summed E-state index contributed by atoms with van der Waals surface area (Å²) in [6.45, 7) is 1.83. The molecule has 2 rings (SSSR count). The van der Waals surface area contributed by atoms with Crippen molar-refractivity contribution < 1.29 is 14.7 Å². The number of carbonyl (C=O) groups excluding carboxylic acids is 1. The molecule has 8 heteroatoms. The van der Waals surface area contributed by atoms with Crippen LogP contribution in [0.15, 0.2) is 30.6 Å². The van der Waals surface area contributed by atoms with Crippen molar-refractivity contribution >= 4 is 40.6 Å². The van der Waals surface area contributed by atoms with Gasteiger partial charge in [-0.2, -0.15) is 0 Å². The van der Waals surface area contributed by atoms with Crippen molar-refractivity contribution in [3.8, 4) is 0 Å². The van der Waals surface area contributed by atoms with Gasteiger partial charge in [0.05, 0.1) is 27.8 Å². The van der Waals surface area contributed by atoms with Gasteiger partial charge >= 0.3 is 12.0 Å². The highest BCUT2D eigenvalue weighted by Gasteiger charge is 2.12. The maximum Gasteiger partial charge on any atom is 0.337 e. The van der Waals surface area contributed by atoms with Gasteiger partial charge in [-0.15, -0.1) is 11.3 Å². The predicted octanol–water partition coefficient (Wildman–Crippen LogP) is 3.38. The van der Waals surface area contributed by atoms with Crippen molar-refractivity contribution in [1.82, 2.24) is 10.3 Å². The highest BCUT2D eigenvalue weighted by molar-refractivity contribution is 7.16. The molecule has 0 aliphatic carbocycles. The van der Waals surface area contributed by atoms with Crippen LogP contribution in [-0.2, 0) is 0 Å². The number of anilines is 1. The fraction of sp³-hybridized carbons (Fsp3) is 0.154. The molecule has 0 fully saturated rings. The lowest BCUT2D eigenvalue weighted by Crippen LogP contribution is -2.30. The minimum atomic E-state index is -1.10. The van der Waals surface area contributed by atoms with E-state index in [1.54, 1.807) is 6.07 Å². The molecule has 0 spiro atoms. The fourth-order valence-electron chi connectivity index (χ4n) is 1.62. The molecular weight excluding hydrogens is 314 g/mol. The monoisotopic (exact) mass is 325 g/mol. The summed E-state index contributed by atoms with van der Waals surface area (Å²) in [5.41, 5.74) is 0.315. The first-order valence-electron chi connectivity index (χ1n) is 5.97. The number of nitrogens with one attached hydrogen (secondary N) is 2. The smallest absolute Gasteiger partial charge is 0.337 e. The highest BCUT2D eigenvalue weighted by Crippen LogP contribution is 2.26. The Labute approximate surface area is 129 Å². The van der Waals surface area contributed by atoms with Gasteiger partial charge in [0.1, 0.15) is 0 Å². The molecule has 2 aromatic heterocycles. The molecule has 110 valence electrons. The number of carboxylic acid groups (broad SMARTS) is 1. The summed E-state index contributed by atoms with van der Waals surface area (Å²) in [7, 11) is 0. The molecule has 6 nitrogen and oxygen atoms in total. The normalized spacial score (nSPS) is 11.7. The minimum absolute atomic E-state index is 0.00545. The van der Waals surface area contributed by atoms with E-state index in [9.17, 15) is 9.59 Å². The predicted molar refractivity (Wildman–Crippen MR) is 81.1 cm³/mol. The molecule has 0 aromatic carbocycles. The highest BCUT2D eigenvalue weighted by atomic mass is 35.5. The van der Waals surface area contributed by atoms with Crippen molar-refractivity contribution in [2.75, 3.05) is 5.32 Å². The summed E-state index contributed by atoms with van der Waals surface area (Å²) in [5.74, 6) is -1.10. The number of carboxylic acids is 1. The van der Waals surface area contributed by atoms with E-state index in [-0.39, 0.29) is 11.6 Å². The molecule has 2 amide bonds. The van der Waals surface area contributed by atoms with E-state index in [1.807, 2.05) is 13.0 Å². The summed E-state index contributed by atoms with van der Waals surface area (Å²) in [6, 6.07) is 4.28. The maximum atomic E-state index is 11.9. The number of aromatic carboxylic acids is 1. The maximum absolute atomic E-state index is 11.9. The summed E-state index contributed by atoms with van der Waals surface area (Å²) >= 11 is 7.23. The number of thiophene rings is 1. The van der Waals surface area contributed by atoms with Gasteiger partial charge in [-0.1, -0.05) is 11.6 Å². The first kappa shape index (κ1) is 15.3. The molecule has 3 N–H and O–H groups in total. The average molecular weight is 326 g/mol. The Bertz CT molecular complexity index is 674. The summed E-state index contributed by atoms with van der Waals surface area (Å²) in [6.07, 6.45) is 2.58. The van der Waals surface area contributed by atoms with Crippen LogP contribution in [0, 0.1) is 0 Å². The van der Waals surface area contributed by atoms with E-state index in [0.717, 1.165) is 4.88 Å². The van der Waals surface area contributed by atoms with Crippen molar-refractivity contribution in [2.45, 2.75) is 13.0 Å². The number of amides is 2. The van der Waals surface area contributed by atoms with E-state index < -0.39 is 12.0 Å². The van der Waals surface area contributed by atoms with E-state index in [0.29, 0.717) is 10.0 Å². The van der Waals surface area contributed by atoms with Gasteiger partial charge in [-0.3, -0.25) is 4.98 Å². The second kappa shape index (κ2) is 6.55. The third-order valence-corrected chi connectivity index (χ3v) is 4.03. The second-order valence-corrected chi connectivity index (χ2v) is 5.98. The van der Waals surface area contributed by atoms with Gasteiger partial charge < -0.3 is 15.7 Å². The number of hydrogen-bond acceptors (Lipinski definition) is 4. The number of pyridine rings is 1. The molecule has 0 bridgehead atoms. The molecule has 2 heterocycles. The minimum Gasteiger partial charge on any atom is -0.478 e. The van der Waals surface area contributed by atoms with Crippen LogP contribution in [0.5, 0.6) is 0 Å². The third kappa shape index (κ3) is 4.17. The van der Waals surface area contributed by atoms with Gasteiger partial charge in [-0.05, 0) is 25.1 Å². The van der Waals surface area contributed by atoms with Crippen LogP contribution in [0.3, 0.4) is 0 Å². The third-order valence-electron chi connectivity index (χ3n) is 2.61. The summed E-state index contributed by atoms with van der Waals surface area (Å²) in [4.78, 5) is 27.4. The van der Waals surface area contributed by atoms with Gasteiger partial charge in [-0.25, -0.2) is 9.59 Å². The van der Waals surface area contributed by atoms with Crippen LogP contribution >= 0.6 is 22.9 Å². The Hall–Kier alpha value is -2.12. The Morgan fingerprint density at radius 3 is 2.76 bits per heavy atom. The lowest BCUT2D eigenvalue weighted by molar-refractivity contribution is 0.0696. The zero-order valence-electron chi connectivity index (χ0n) is 11.0. The van der Waals surface area contributed by atoms with Crippen molar-refractivity contribution in [1.29, 1.82) is 0 Å². The molecule has 1 unspecified atom stereocenters. The lowest BCUT2D eigenvalue weighted by atomic mass is 10.2. The van der Waals surface area contributed by atoms with Gasteiger partial charge in [0.2, 0.25) is 0 Å². The number of hydrogen-bond donors (Lipinski definition) is 3. The Balaban J connectivity index is 1.98. The number of rotatable bonds is 4. The molecule has 21 heavy (non-hydrogen) atoms. The first-order valence-corrected chi connectivity index (χ1v) is 7.16. The lowest BCUT2D eigenvalue weighted by Gasteiger charge is -2.13. The van der Waals surface area contributed by atoms with Crippen LogP contribution in [0.1, 0.15) is 28.2 Å². The molecule has 0 radical (unpaired) electrons. The second-order valence-electron chi connectivity index (χ2n) is 4.23. The molecule has 0 saturated carbocycles. The quantitative estimate of drug-likeness (QED) is 0.803. The van der Waals surface area contributed by atoms with Crippen LogP contribution in [-0.4, -0.2) is 22.1 Å². The van der Waals surface area contributed by atoms with E-state index in [1.165, 1.54) is 29.8 Å².